The molecule has 2 aromatic heterocycles. The topological polar surface area (TPSA) is 74.4 Å². The molecule has 2 aromatic rings. The molecule has 0 saturated carbocycles. The summed E-state index contributed by atoms with van der Waals surface area (Å²) in [7, 11) is 0. The van der Waals surface area contributed by atoms with Gasteiger partial charge in [-0.05, 0) is 12.6 Å². The highest BCUT2D eigenvalue weighted by molar-refractivity contribution is 7.80. The highest BCUT2D eigenvalue weighted by Gasteiger charge is 2.00. The largest absolute Gasteiger partial charge is 0.347 e. The summed E-state index contributed by atoms with van der Waals surface area (Å²) in [5, 5.41) is 0.339. The third-order valence-electron chi connectivity index (χ3n) is 1.24. The van der Waals surface area contributed by atoms with Gasteiger partial charge >= 0.3 is 5.69 Å². The van der Waals surface area contributed by atoms with Crippen molar-refractivity contribution in [3.05, 3.63) is 16.7 Å². The van der Waals surface area contributed by atoms with Crippen LogP contribution < -0.4 is 5.69 Å². The fourth-order valence-electron chi connectivity index (χ4n) is 0.804. The zero-order valence-corrected chi connectivity index (χ0v) is 6.10. The molecule has 0 aromatic carbocycles. The predicted molar refractivity (Wildman–Crippen MR) is 40.4 cm³/mol. The van der Waals surface area contributed by atoms with Crippen LogP contribution in [0.1, 0.15) is 0 Å². The average molecular weight is 167 g/mol. The molecule has 0 bridgehead atoms. The van der Waals surface area contributed by atoms with E-state index in [-0.39, 0.29) is 0 Å². The zero-order valence-electron chi connectivity index (χ0n) is 5.29. The van der Waals surface area contributed by atoms with E-state index in [0.29, 0.717) is 16.3 Å². The van der Waals surface area contributed by atoms with E-state index in [0.717, 1.165) is 0 Å². The molecule has 5 nitrogen and oxygen atoms in total. The molecule has 0 amide bonds. The first-order valence-corrected chi connectivity index (χ1v) is 3.29. The van der Waals surface area contributed by atoms with Crippen molar-refractivity contribution in [2.24, 2.45) is 0 Å². The van der Waals surface area contributed by atoms with E-state index in [1.165, 1.54) is 6.20 Å². The van der Waals surface area contributed by atoms with Crippen molar-refractivity contribution >= 4 is 23.8 Å². The van der Waals surface area contributed by atoms with E-state index >= 15 is 0 Å². The Morgan fingerprint density at radius 3 is 3.09 bits per heavy atom. The van der Waals surface area contributed by atoms with Crippen molar-refractivity contribution < 1.29 is 0 Å². The van der Waals surface area contributed by atoms with Gasteiger partial charge < -0.3 is 9.97 Å². The SMILES string of the molecule is O=c1nc2nc([S])[nH]c2c[nH]1. The summed E-state index contributed by atoms with van der Waals surface area (Å²) in [4.78, 5) is 23.2. The summed E-state index contributed by atoms with van der Waals surface area (Å²) < 4.78 is 0. The summed E-state index contributed by atoms with van der Waals surface area (Å²) in [6.45, 7) is 0. The number of imidazole rings is 1. The summed E-state index contributed by atoms with van der Waals surface area (Å²) in [5.74, 6) is 0. The Labute approximate surface area is 66.3 Å². The number of nitrogens with one attached hydrogen (secondary N) is 2. The molecule has 1 radical (unpaired) electrons. The molecule has 0 saturated heterocycles. The molecule has 6 heteroatoms. The van der Waals surface area contributed by atoms with Crippen LogP contribution in [0.4, 0.5) is 0 Å². The van der Waals surface area contributed by atoms with Crippen molar-refractivity contribution in [2.75, 3.05) is 0 Å². The Kier molecular flexibility index (Phi) is 1.16. The molecule has 0 unspecified atom stereocenters. The van der Waals surface area contributed by atoms with Crippen LogP contribution in [0.2, 0.25) is 0 Å². The fourth-order valence-corrected chi connectivity index (χ4v) is 1.00. The smallest absolute Gasteiger partial charge is 0.327 e. The number of aromatic amines is 2. The fraction of sp³-hybridized carbons (Fsp3) is 0. The van der Waals surface area contributed by atoms with Crippen LogP contribution in [0.5, 0.6) is 0 Å². The molecule has 0 aliphatic heterocycles. The van der Waals surface area contributed by atoms with Gasteiger partial charge in [-0.2, -0.15) is 9.97 Å². The molecule has 2 rings (SSSR count). The van der Waals surface area contributed by atoms with Gasteiger partial charge in [0.05, 0.1) is 0 Å². The molecule has 2 N–H and O–H groups in total. The number of hydrogen-bond donors (Lipinski definition) is 2. The molecule has 0 atom stereocenters. The van der Waals surface area contributed by atoms with Crippen LogP contribution in [0.3, 0.4) is 0 Å². The number of hydrogen-bond acceptors (Lipinski definition) is 3. The standard InChI is InChI=1S/C5H3N4OS/c10-4-6-1-2-3(8-4)9-5(11)7-2/h1H,(H2,6,7,8,9,10). The number of fused-ring (bicyclic) bond motifs is 1. The summed E-state index contributed by atoms with van der Waals surface area (Å²) in [6.07, 6.45) is 1.49. The van der Waals surface area contributed by atoms with E-state index in [1.54, 1.807) is 0 Å². The zero-order chi connectivity index (χ0) is 7.84. The van der Waals surface area contributed by atoms with Crippen LogP contribution in [0, 0.1) is 0 Å². The maximum absolute atomic E-state index is 10.6. The van der Waals surface area contributed by atoms with Gasteiger partial charge in [-0.15, -0.1) is 0 Å². The van der Waals surface area contributed by atoms with Crippen LogP contribution in [0.25, 0.3) is 11.2 Å². The van der Waals surface area contributed by atoms with E-state index in [9.17, 15) is 4.79 Å². The Bertz CT molecular complexity index is 445. The van der Waals surface area contributed by atoms with Crippen molar-refractivity contribution in [3.63, 3.8) is 0 Å². The molecular weight excluding hydrogens is 164 g/mol. The second kappa shape index (κ2) is 2.03. The van der Waals surface area contributed by atoms with Crippen molar-refractivity contribution in [1.29, 1.82) is 0 Å². The minimum Gasteiger partial charge on any atom is -0.327 e. The third kappa shape index (κ3) is 0.966. The number of rotatable bonds is 0. The number of nitrogens with zero attached hydrogens (tertiary/aromatic N) is 2. The van der Waals surface area contributed by atoms with Crippen LogP contribution in [-0.2, 0) is 0 Å². The maximum atomic E-state index is 10.6. The van der Waals surface area contributed by atoms with E-state index in [4.69, 9.17) is 12.6 Å². The minimum absolute atomic E-state index is 0.339. The molecule has 2 heterocycles. The average Bonchev–Trinajstić information content (AvgIpc) is 2.27. The van der Waals surface area contributed by atoms with E-state index < -0.39 is 5.69 Å². The maximum Gasteiger partial charge on any atom is 0.347 e. The summed E-state index contributed by atoms with van der Waals surface area (Å²) in [6, 6.07) is 0. The van der Waals surface area contributed by atoms with Gasteiger partial charge in [0.1, 0.15) is 5.52 Å². The first kappa shape index (κ1) is 6.29. The van der Waals surface area contributed by atoms with Gasteiger partial charge in [0.25, 0.3) is 0 Å². The van der Waals surface area contributed by atoms with Gasteiger partial charge in [-0.25, -0.2) is 4.79 Å². The van der Waals surface area contributed by atoms with Gasteiger partial charge in [-0.3, -0.25) is 0 Å². The predicted octanol–water partition coefficient (Wildman–Crippen LogP) is 0.203. The Hall–Kier alpha value is -1.43. The first-order chi connectivity index (χ1) is 5.25. The Morgan fingerprint density at radius 2 is 2.27 bits per heavy atom. The second-order valence-corrected chi connectivity index (χ2v) is 2.37. The van der Waals surface area contributed by atoms with Gasteiger partial charge in [0.15, 0.2) is 10.8 Å². The van der Waals surface area contributed by atoms with Crippen molar-refractivity contribution in [3.8, 4) is 0 Å². The van der Waals surface area contributed by atoms with Crippen LogP contribution >= 0.6 is 12.6 Å². The summed E-state index contributed by atoms with van der Waals surface area (Å²) >= 11 is 4.73. The number of aromatic nitrogens is 4. The van der Waals surface area contributed by atoms with E-state index in [1.807, 2.05) is 0 Å². The second-order valence-electron chi connectivity index (χ2n) is 1.98. The minimum atomic E-state index is -0.418. The van der Waals surface area contributed by atoms with Crippen molar-refractivity contribution in [2.45, 2.75) is 5.16 Å². The highest BCUT2D eigenvalue weighted by atomic mass is 32.1. The lowest BCUT2D eigenvalue weighted by Crippen LogP contribution is -2.08. The molecule has 0 fully saturated rings. The molecule has 0 spiro atoms. The lowest BCUT2D eigenvalue weighted by molar-refractivity contribution is 1.07. The van der Waals surface area contributed by atoms with Crippen LogP contribution in [0.15, 0.2) is 16.1 Å². The quantitative estimate of drug-likeness (QED) is 0.588. The lowest BCUT2D eigenvalue weighted by atomic mass is 10.6. The molecule has 0 aliphatic rings. The monoisotopic (exact) mass is 167 g/mol. The van der Waals surface area contributed by atoms with Crippen molar-refractivity contribution in [1.82, 2.24) is 19.9 Å². The normalized spacial score (nSPS) is 10.5. The molecule has 11 heavy (non-hydrogen) atoms. The molecule has 55 valence electrons. The molecule has 0 aliphatic carbocycles. The van der Waals surface area contributed by atoms with E-state index in [2.05, 4.69) is 19.9 Å². The lowest BCUT2D eigenvalue weighted by Gasteiger charge is -1.81. The molecular formula is C5H3N4OS. The third-order valence-corrected chi connectivity index (χ3v) is 1.43. The van der Waals surface area contributed by atoms with Gasteiger partial charge in [0, 0.05) is 6.20 Å². The highest BCUT2D eigenvalue weighted by Crippen LogP contribution is 2.06. The Balaban J connectivity index is 2.92. The number of H-pyrrole nitrogens is 2. The van der Waals surface area contributed by atoms with Crippen LogP contribution in [-0.4, -0.2) is 19.9 Å². The first-order valence-electron chi connectivity index (χ1n) is 2.88. The summed E-state index contributed by atoms with van der Waals surface area (Å²) in [5.41, 5.74) is 0.590. The van der Waals surface area contributed by atoms with Gasteiger partial charge in [-0.1, -0.05) is 0 Å². The van der Waals surface area contributed by atoms with Gasteiger partial charge in [0.2, 0.25) is 0 Å². The Morgan fingerprint density at radius 1 is 1.45 bits per heavy atom.